The molecule has 0 fully saturated rings. The van der Waals surface area contributed by atoms with Gasteiger partial charge in [-0.15, -0.1) is 0 Å². The number of carboxylic acid groups (broad SMARTS) is 3. The summed E-state index contributed by atoms with van der Waals surface area (Å²) in [7, 11) is 0. The molecule has 0 bridgehead atoms. The zero-order chi connectivity index (χ0) is 17.7. The molecule has 2 aromatic carbocycles. The third-order valence-electron chi connectivity index (χ3n) is 3.47. The van der Waals surface area contributed by atoms with Gasteiger partial charge in [0.15, 0.2) is 0 Å². The van der Waals surface area contributed by atoms with E-state index in [0.717, 1.165) is 0 Å². The summed E-state index contributed by atoms with van der Waals surface area (Å²) in [6.07, 6.45) is -0.682. The molecule has 0 aliphatic heterocycles. The van der Waals surface area contributed by atoms with Crippen molar-refractivity contribution in [2.24, 2.45) is 5.41 Å². The van der Waals surface area contributed by atoms with Crippen molar-refractivity contribution in [3.63, 3.8) is 0 Å². The fourth-order valence-electron chi connectivity index (χ4n) is 2.11. The Hall–Kier alpha value is -3.35. The van der Waals surface area contributed by atoms with Crippen LogP contribution < -0.4 is 4.74 Å². The Balaban J connectivity index is 2.22. The predicted octanol–water partition coefficient (Wildman–Crippen LogP) is 2.26. The summed E-state index contributed by atoms with van der Waals surface area (Å²) in [6, 6.07) is 14.8. The highest BCUT2D eigenvalue weighted by Gasteiger charge is 2.54. The zero-order valence-electron chi connectivity index (χ0n) is 12.4. The monoisotopic (exact) mass is 330 g/mol. The molecular weight excluding hydrogens is 316 g/mol. The Labute approximate surface area is 136 Å². The molecule has 124 valence electrons. The highest BCUT2D eigenvalue weighted by atomic mass is 16.5. The molecule has 2 rings (SSSR count). The van der Waals surface area contributed by atoms with Crippen LogP contribution in [0.15, 0.2) is 54.6 Å². The minimum Gasteiger partial charge on any atom is -0.480 e. The summed E-state index contributed by atoms with van der Waals surface area (Å²) in [5.41, 5.74) is -2.68. The molecule has 0 aromatic heterocycles. The summed E-state index contributed by atoms with van der Waals surface area (Å²) in [6.45, 7) is 0. The fraction of sp³-hybridized carbons (Fsp3) is 0.118. The van der Waals surface area contributed by atoms with Gasteiger partial charge in [-0.2, -0.15) is 0 Å². The minimum absolute atomic E-state index is 0.252. The zero-order valence-corrected chi connectivity index (χ0v) is 12.4. The lowest BCUT2D eigenvalue weighted by Gasteiger charge is -2.20. The number of carbonyl (C=O) groups is 3. The lowest BCUT2D eigenvalue weighted by Crippen LogP contribution is -2.48. The standard InChI is InChI=1S/C17H14O7/c18-14(19)17(15(20)21,16(22)23)10-11-6-8-13(9-7-11)24-12-4-2-1-3-5-12/h1-9H,10H2,(H,18,19)(H,20,21)(H,22,23). The van der Waals surface area contributed by atoms with E-state index in [1.807, 2.05) is 6.07 Å². The maximum absolute atomic E-state index is 11.2. The summed E-state index contributed by atoms with van der Waals surface area (Å²) in [4.78, 5) is 33.7. The van der Waals surface area contributed by atoms with Gasteiger partial charge >= 0.3 is 17.9 Å². The topological polar surface area (TPSA) is 121 Å². The number of hydrogen-bond donors (Lipinski definition) is 3. The number of benzene rings is 2. The van der Waals surface area contributed by atoms with Gasteiger partial charge in [-0.05, 0) is 29.8 Å². The second-order valence-corrected chi connectivity index (χ2v) is 5.06. The lowest BCUT2D eigenvalue weighted by atomic mass is 9.81. The average molecular weight is 330 g/mol. The van der Waals surface area contributed by atoms with E-state index >= 15 is 0 Å². The van der Waals surface area contributed by atoms with Crippen LogP contribution in [-0.2, 0) is 20.8 Å². The van der Waals surface area contributed by atoms with Crippen molar-refractivity contribution < 1.29 is 34.4 Å². The van der Waals surface area contributed by atoms with Gasteiger partial charge in [-0.1, -0.05) is 30.3 Å². The van der Waals surface area contributed by atoms with Crippen LogP contribution in [0.25, 0.3) is 0 Å². The predicted molar refractivity (Wildman–Crippen MR) is 82.0 cm³/mol. The van der Waals surface area contributed by atoms with Crippen molar-refractivity contribution >= 4 is 17.9 Å². The van der Waals surface area contributed by atoms with E-state index < -0.39 is 29.7 Å². The van der Waals surface area contributed by atoms with Crippen LogP contribution in [-0.4, -0.2) is 33.2 Å². The van der Waals surface area contributed by atoms with Crippen LogP contribution in [0.5, 0.6) is 11.5 Å². The lowest BCUT2D eigenvalue weighted by molar-refractivity contribution is -0.175. The van der Waals surface area contributed by atoms with Crippen molar-refractivity contribution in [1.82, 2.24) is 0 Å². The van der Waals surface area contributed by atoms with Gasteiger partial charge in [0, 0.05) is 6.42 Å². The van der Waals surface area contributed by atoms with Crippen LogP contribution in [0.3, 0.4) is 0 Å². The first kappa shape index (κ1) is 17.0. The molecule has 24 heavy (non-hydrogen) atoms. The molecule has 0 heterocycles. The molecule has 2 aromatic rings. The number of para-hydroxylation sites is 1. The van der Waals surface area contributed by atoms with Crippen molar-refractivity contribution in [2.45, 2.75) is 6.42 Å². The van der Waals surface area contributed by atoms with Gasteiger partial charge in [0.1, 0.15) is 11.5 Å². The van der Waals surface area contributed by atoms with E-state index in [1.54, 1.807) is 24.3 Å². The quantitative estimate of drug-likeness (QED) is 0.666. The summed E-state index contributed by atoms with van der Waals surface area (Å²) >= 11 is 0. The van der Waals surface area contributed by atoms with Crippen molar-refractivity contribution in [1.29, 1.82) is 0 Å². The average Bonchev–Trinajstić information content (AvgIpc) is 2.54. The first-order valence-corrected chi connectivity index (χ1v) is 6.88. The van der Waals surface area contributed by atoms with E-state index in [-0.39, 0.29) is 5.56 Å². The number of carboxylic acids is 3. The highest BCUT2D eigenvalue weighted by molar-refractivity contribution is 6.16. The number of ether oxygens (including phenoxy) is 1. The van der Waals surface area contributed by atoms with E-state index in [9.17, 15) is 14.4 Å². The molecular formula is C17H14O7. The Morgan fingerprint density at radius 1 is 0.750 bits per heavy atom. The molecule has 0 amide bonds. The maximum Gasteiger partial charge on any atom is 0.333 e. The Morgan fingerprint density at radius 2 is 1.21 bits per heavy atom. The Bertz CT molecular complexity index is 714. The van der Waals surface area contributed by atoms with Crippen LogP contribution in [0.2, 0.25) is 0 Å². The van der Waals surface area contributed by atoms with Gasteiger partial charge in [-0.25, -0.2) is 0 Å². The molecule has 0 radical (unpaired) electrons. The van der Waals surface area contributed by atoms with E-state index in [1.165, 1.54) is 24.3 Å². The molecule has 0 aliphatic rings. The summed E-state index contributed by atoms with van der Waals surface area (Å²) < 4.78 is 5.56. The van der Waals surface area contributed by atoms with Gasteiger partial charge in [0.2, 0.25) is 0 Å². The van der Waals surface area contributed by atoms with Crippen LogP contribution in [0.1, 0.15) is 5.56 Å². The Kier molecular flexibility index (Phi) is 4.84. The normalized spacial score (nSPS) is 10.8. The molecule has 0 unspecified atom stereocenters. The first-order chi connectivity index (χ1) is 11.4. The molecule has 7 nitrogen and oxygen atoms in total. The molecule has 7 heteroatoms. The van der Waals surface area contributed by atoms with Gasteiger partial charge in [0.05, 0.1) is 0 Å². The van der Waals surface area contributed by atoms with Gasteiger partial charge < -0.3 is 20.1 Å². The third-order valence-corrected chi connectivity index (χ3v) is 3.47. The number of aliphatic carboxylic acids is 3. The van der Waals surface area contributed by atoms with Gasteiger partial charge in [-0.3, -0.25) is 14.4 Å². The SMILES string of the molecule is O=C(O)C(Cc1ccc(Oc2ccccc2)cc1)(C(=O)O)C(=O)O. The van der Waals surface area contributed by atoms with Crippen LogP contribution in [0.4, 0.5) is 0 Å². The smallest absolute Gasteiger partial charge is 0.333 e. The Morgan fingerprint density at radius 3 is 1.67 bits per heavy atom. The number of rotatable bonds is 7. The molecule has 0 atom stereocenters. The van der Waals surface area contributed by atoms with Crippen molar-refractivity contribution in [3.05, 3.63) is 60.2 Å². The third kappa shape index (κ3) is 3.35. The second-order valence-electron chi connectivity index (χ2n) is 5.06. The number of hydrogen-bond acceptors (Lipinski definition) is 4. The molecule has 0 aliphatic carbocycles. The van der Waals surface area contributed by atoms with Gasteiger partial charge in [0.25, 0.3) is 5.41 Å². The van der Waals surface area contributed by atoms with E-state index in [2.05, 4.69) is 0 Å². The minimum atomic E-state index is -2.93. The van der Waals surface area contributed by atoms with Crippen LogP contribution in [0, 0.1) is 5.41 Å². The fourth-order valence-corrected chi connectivity index (χ4v) is 2.11. The van der Waals surface area contributed by atoms with E-state index in [0.29, 0.717) is 11.5 Å². The molecule has 0 saturated carbocycles. The summed E-state index contributed by atoms with van der Waals surface area (Å²) in [5, 5.41) is 27.3. The van der Waals surface area contributed by atoms with E-state index in [4.69, 9.17) is 20.1 Å². The van der Waals surface area contributed by atoms with Crippen molar-refractivity contribution in [3.8, 4) is 11.5 Å². The second kappa shape index (κ2) is 6.82. The molecule has 3 N–H and O–H groups in total. The summed E-state index contributed by atoms with van der Waals surface area (Å²) in [5.74, 6) is -4.72. The molecule has 0 saturated heterocycles. The highest BCUT2D eigenvalue weighted by Crippen LogP contribution is 2.27. The maximum atomic E-state index is 11.2. The molecule has 0 spiro atoms. The first-order valence-electron chi connectivity index (χ1n) is 6.88. The van der Waals surface area contributed by atoms with Crippen molar-refractivity contribution in [2.75, 3.05) is 0 Å². The van der Waals surface area contributed by atoms with Crippen LogP contribution >= 0.6 is 0 Å². The largest absolute Gasteiger partial charge is 0.480 e.